The second-order valence-electron chi connectivity index (χ2n) is 5.12. The van der Waals surface area contributed by atoms with Crippen LogP contribution in [0.2, 0.25) is 0 Å². The van der Waals surface area contributed by atoms with Crippen LogP contribution in [0.1, 0.15) is 20.9 Å². The molecule has 0 spiro atoms. The number of carbonyl (C=O) groups is 2. The van der Waals surface area contributed by atoms with Crippen molar-refractivity contribution < 1.29 is 18.7 Å². The Morgan fingerprint density at radius 1 is 1.09 bits per heavy atom. The molecule has 0 radical (unpaired) electrons. The molecule has 0 bridgehead atoms. The number of ether oxygens (including phenoxy) is 1. The maximum absolute atomic E-state index is 12.6. The van der Waals surface area contributed by atoms with Crippen LogP contribution < -0.4 is 4.74 Å². The molecule has 1 aliphatic rings. The summed E-state index contributed by atoms with van der Waals surface area (Å²) in [5, 5.41) is 0. The lowest BCUT2D eigenvalue weighted by molar-refractivity contribution is 0.0516. The average Bonchev–Trinajstić information content (AvgIpc) is 3.15. The zero-order valence-corrected chi connectivity index (χ0v) is 12.8. The normalized spacial score (nSPS) is 14.7. The fraction of sp³-hybridized carbons (Fsp3) is 0.312. The highest BCUT2D eigenvalue weighted by Gasteiger charge is 2.27. The molecule has 0 aliphatic carbocycles. The minimum absolute atomic E-state index is 0.139. The summed E-state index contributed by atoms with van der Waals surface area (Å²) in [6.45, 7) is 1.86. The number of aromatic nitrogens is 1. The summed E-state index contributed by atoms with van der Waals surface area (Å²) in [5.74, 6) is 0.339. The van der Waals surface area contributed by atoms with Gasteiger partial charge in [-0.3, -0.25) is 9.59 Å². The molecule has 7 nitrogen and oxygen atoms in total. The van der Waals surface area contributed by atoms with Crippen molar-refractivity contribution in [2.75, 3.05) is 33.3 Å². The molecule has 2 amide bonds. The van der Waals surface area contributed by atoms with Crippen molar-refractivity contribution >= 4 is 11.8 Å². The predicted octanol–water partition coefficient (Wildman–Crippen LogP) is 1.28. The van der Waals surface area contributed by atoms with Crippen LogP contribution in [0.4, 0.5) is 0 Å². The molecule has 7 heteroatoms. The number of carbonyl (C=O) groups excluding carboxylic acids is 2. The van der Waals surface area contributed by atoms with E-state index in [-0.39, 0.29) is 11.8 Å². The van der Waals surface area contributed by atoms with E-state index in [4.69, 9.17) is 9.15 Å². The first-order valence-electron chi connectivity index (χ1n) is 7.32. The molecule has 2 aromatic heterocycles. The fourth-order valence-electron chi connectivity index (χ4n) is 2.56. The summed E-state index contributed by atoms with van der Waals surface area (Å²) < 4.78 is 10.3. The molecule has 0 unspecified atom stereocenters. The van der Waals surface area contributed by atoms with E-state index >= 15 is 0 Å². The Labute approximate surface area is 133 Å². The Morgan fingerprint density at radius 2 is 1.78 bits per heavy atom. The SMILES string of the molecule is COc1ncccc1C(=O)N1CCN(C(=O)c2ccco2)CC1. The monoisotopic (exact) mass is 315 g/mol. The summed E-state index contributed by atoms with van der Waals surface area (Å²) in [7, 11) is 1.49. The number of furan rings is 1. The molecule has 1 fully saturated rings. The van der Waals surface area contributed by atoms with Crippen molar-refractivity contribution in [1.29, 1.82) is 0 Å². The van der Waals surface area contributed by atoms with Crippen molar-refractivity contribution in [3.63, 3.8) is 0 Å². The van der Waals surface area contributed by atoms with E-state index in [2.05, 4.69) is 4.98 Å². The van der Waals surface area contributed by atoms with Gasteiger partial charge in [-0.25, -0.2) is 4.98 Å². The van der Waals surface area contributed by atoms with E-state index in [0.29, 0.717) is 43.4 Å². The quantitative estimate of drug-likeness (QED) is 0.853. The van der Waals surface area contributed by atoms with E-state index in [1.165, 1.54) is 13.4 Å². The lowest BCUT2D eigenvalue weighted by atomic mass is 10.2. The molecule has 0 saturated carbocycles. The highest BCUT2D eigenvalue weighted by Crippen LogP contribution is 2.18. The number of methoxy groups -OCH3 is 1. The van der Waals surface area contributed by atoms with Crippen LogP contribution in [-0.2, 0) is 0 Å². The van der Waals surface area contributed by atoms with E-state index in [9.17, 15) is 9.59 Å². The highest BCUT2D eigenvalue weighted by atomic mass is 16.5. The summed E-state index contributed by atoms with van der Waals surface area (Å²) in [6.07, 6.45) is 3.05. The first kappa shape index (κ1) is 15.1. The van der Waals surface area contributed by atoms with Crippen molar-refractivity contribution in [3.05, 3.63) is 48.0 Å². The van der Waals surface area contributed by atoms with Gasteiger partial charge in [0, 0.05) is 32.4 Å². The standard InChI is InChI=1S/C16H17N3O4/c1-22-14-12(4-2-6-17-14)15(20)18-7-9-19(10-8-18)16(21)13-5-3-11-23-13/h2-6,11H,7-10H2,1H3. The molecule has 1 aliphatic heterocycles. The van der Waals surface area contributed by atoms with Gasteiger partial charge in [0.15, 0.2) is 5.76 Å². The van der Waals surface area contributed by atoms with Crippen molar-refractivity contribution in [2.45, 2.75) is 0 Å². The third-order valence-corrected chi connectivity index (χ3v) is 3.78. The summed E-state index contributed by atoms with van der Waals surface area (Å²) in [4.78, 5) is 32.2. The molecule has 3 heterocycles. The van der Waals surface area contributed by atoms with Crippen LogP contribution in [0.15, 0.2) is 41.1 Å². The van der Waals surface area contributed by atoms with Crippen molar-refractivity contribution in [3.8, 4) is 5.88 Å². The van der Waals surface area contributed by atoms with Gasteiger partial charge < -0.3 is 19.0 Å². The third kappa shape index (κ3) is 3.03. The van der Waals surface area contributed by atoms with E-state index in [0.717, 1.165) is 0 Å². The van der Waals surface area contributed by atoms with E-state index < -0.39 is 0 Å². The van der Waals surface area contributed by atoms with E-state index in [1.54, 1.807) is 40.3 Å². The molecule has 0 atom stereocenters. The lowest BCUT2D eigenvalue weighted by Gasteiger charge is -2.34. The molecule has 1 saturated heterocycles. The Balaban J connectivity index is 1.65. The second-order valence-corrected chi connectivity index (χ2v) is 5.12. The number of hydrogen-bond donors (Lipinski definition) is 0. The molecule has 0 N–H and O–H groups in total. The van der Waals surface area contributed by atoms with Crippen LogP contribution in [0.5, 0.6) is 5.88 Å². The van der Waals surface area contributed by atoms with Crippen molar-refractivity contribution in [1.82, 2.24) is 14.8 Å². The third-order valence-electron chi connectivity index (χ3n) is 3.78. The van der Waals surface area contributed by atoms with E-state index in [1.807, 2.05) is 0 Å². The van der Waals surface area contributed by atoms with Crippen LogP contribution in [-0.4, -0.2) is 59.9 Å². The van der Waals surface area contributed by atoms with Crippen LogP contribution >= 0.6 is 0 Å². The minimum Gasteiger partial charge on any atom is -0.480 e. The van der Waals surface area contributed by atoms with Gasteiger partial charge in [-0.15, -0.1) is 0 Å². The van der Waals surface area contributed by atoms with Crippen LogP contribution in [0.3, 0.4) is 0 Å². The Morgan fingerprint density at radius 3 is 2.39 bits per heavy atom. The lowest BCUT2D eigenvalue weighted by Crippen LogP contribution is -2.50. The Bertz CT molecular complexity index is 691. The van der Waals surface area contributed by atoms with Crippen molar-refractivity contribution in [2.24, 2.45) is 0 Å². The van der Waals surface area contributed by atoms with Gasteiger partial charge in [0.1, 0.15) is 5.56 Å². The number of amides is 2. The number of rotatable bonds is 3. The molecular weight excluding hydrogens is 298 g/mol. The molecule has 120 valence electrons. The predicted molar refractivity (Wildman–Crippen MR) is 81.3 cm³/mol. The average molecular weight is 315 g/mol. The summed E-state index contributed by atoms with van der Waals surface area (Å²) in [5.41, 5.74) is 0.431. The summed E-state index contributed by atoms with van der Waals surface area (Å²) >= 11 is 0. The van der Waals surface area contributed by atoms with Crippen LogP contribution in [0.25, 0.3) is 0 Å². The van der Waals surface area contributed by atoms with Gasteiger partial charge in [0.25, 0.3) is 11.8 Å². The second kappa shape index (κ2) is 6.51. The van der Waals surface area contributed by atoms with Gasteiger partial charge in [0.05, 0.1) is 13.4 Å². The van der Waals surface area contributed by atoms with Gasteiger partial charge in [-0.1, -0.05) is 0 Å². The summed E-state index contributed by atoms with van der Waals surface area (Å²) in [6, 6.07) is 6.71. The Kier molecular flexibility index (Phi) is 4.27. The molecular formula is C16H17N3O4. The molecule has 2 aromatic rings. The smallest absolute Gasteiger partial charge is 0.289 e. The fourth-order valence-corrected chi connectivity index (χ4v) is 2.56. The maximum atomic E-state index is 12.6. The number of piperazine rings is 1. The largest absolute Gasteiger partial charge is 0.480 e. The highest BCUT2D eigenvalue weighted by molar-refractivity contribution is 5.96. The Hall–Kier alpha value is -2.83. The minimum atomic E-state index is -0.152. The van der Waals surface area contributed by atoms with Gasteiger partial charge in [-0.2, -0.15) is 0 Å². The number of pyridine rings is 1. The van der Waals surface area contributed by atoms with Crippen LogP contribution in [0, 0.1) is 0 Å². The molecule has 0 aromatic carbocycles. The number of hydrogen-bond acceptors (Lipinski definition) is 5. The zero-order valence-electron chi connectivity index (χ0n) is 12.8. The number of nitrogens with zero attached hydrogens (tertiary/aromatic N) is 3. The topological polar surface area (TPSA) is 75.9 Å². The van der Waals surface area contributed by atoms with Gasteiger partial charge in [0.2, 0.25) is 5.88 Å². The maximum Gasteiger partial charge on any atom is 0.289 e. The zero-order chi connectivity index (χ0) is 16.2. The first-order chi connectivity index (χ1) is 11.2. The van der Waals surface area contributed by atoms with Gasteiger partial charge >= 0.3 is 0 Å². The molecule has 3 rings (SSSR count). The van der Waals surface area contributed by atoms with Gasteiger partial charge in [-0.05, 0) is 24.3 Å². The first-order valence-corrected chi connectivity index (χ1v) is 7.32. The molecule has 23 heavy (non-hydrogen) atoms.